The van der Waals surface area contributed by atoms with Crippen LogP contribution >= 0.6 is 0 Å². The third-order valence-electron chi connectivity index (χ3n) is 8.79. The molecule has 1 spiro atoms. The second kappa shape index (κ2) is 5.19. The van der Waals surface area contributed by atoms with E-state index >= 15 is 0 Å². The van der Waals surface area contributed by atoms with Crippen molar-refractivity contribution in [3.63, 3.8) is 0 Å². The lowest BCUT2D eigenvalue weighted by Gasteiger charge is -2.57. The molecule has 1 aliphatic heterocycles. The maximum Gasteiger partial charge on any atom is 0.174 e. The molecule has 4 saturated carbocycles. The van der Waals surface area contributed by atoms with Gasteiger partial charge in [0.05, 0.1) is 13.2 Å². The van der Waals surface area contributed by atoms with Crippen molar-refractivity contribution in [2.24, 2.45) is 40.7 Å². The zero-order valence-electron chi connectivity index (χ0n) is 14.6. The van der Waals surface area contributed by atoms with E-state index in [-0.39, 0.29) is 11.2 Å². The molecule has 0 aromatic carbocycles. The van der Waals surface area contributed by atoms with Gasteiger partial charge in [0.25, 0.3) is 0 Å². The van der Waals surface area contributed by atoms with Gasteiger partial charge in [-0.05, 0) is 81.0 Å². The standard InChI is InChI=1S/C20H33NO2/c1-19-8-6-16-15-5-3-14(21)12-13(15)2-4-17(16)18(19)7-9-20(19)22-10-11-23-20/h13-18H,2-12,21H2,1H3. The van der Waals surface area contributed by atoms with Gasteiger partial charge in [-0.1, -0.05) is 6.92 Å². The molecule has 23 heavy (non-hydrogen) atoms. The molecule has 0 aromatic heterocycles. The van der Waals surface area contributed by atoms with E-state index in [4.69, 9.17) is 15.2 Å². The largest absolute Gasteiger partial charge is 0.347 e. The minimum Gasteiger partial charge on any atom is -0.347 e. The van der Waals surface area contributed by atoms with Crippen molar-refractivity contribution in [1.29, 1.82) is 0 Å². The van der Waals surface area contributed by atoms with Gasteiger partial charge in [0.15, 0.2) is 5.79 Å². The van der Waals surface area contributed by atoms with Gasteiger partial charge in [0.1, 0.15) is 0 Å². The van der Waals surface area contributed by atoms with Gasteiger partial charge in [-0.2, -0.15) is 0 Å². The van der Waals surface area contributed by atoms with Crippen LogP contribution in [0.3, 0.4) is 0 Å². The molecular weight excluding hydrogens is 286 g/mol. The summed E-state index contributed by atoms with van der Waals surface area (Å²) in [4.78, 5) is 0. The number of fused-ring (bicyclic) bond motifs is 6. The molecule has 2 N–H and O–H groups in total. The minimum absolute atomic E-state index is 0.228. The molecule has 130 valence electrons. The van der Waals surface area contributed by atoms with E-state index < -0.39 is 0 Å². The van der Waals surface area contributed by atoms with Crippen molar-refractivity contribution >= 4 is 0 Å². The molecule has 3 nitrogen and oxygen atoms in total. The molecule has 1 saturated heterocycles. The number of hydrogen-bond acceptors (Lipinski definition) is 3. The Morgan fingerprint density at radius 2 is 1.61 bits per heavy atom. The number of ether oxygens (including phenoxy) is 2. The van der Waals surface area contributed by atoms with Crippen molar-refractivity contribution in [3.05, 3.63) is 0 Å². The third kappa shape index (κ3) is 1.99. The Labute approximate surface area is 140 Å². The molecule has 5 rings (SSSR count). The molecule has 3 heteroatoms. The second-order valence-corrected chi connectivity index (χ2v) is 9.45. The van der Waals surface area contributed by atoms with E-state index in [1.165, 1.54) is 51.4 Å². The van der Waals surface area contributed by atoms with E-state index in [0.717, 1.165) is 49.2 Å². The fourth-order valence-corrected chi connectivity index (χ4v) is 7.78. The first kappa shape index (κ1) is 15.2. The lowest BCUT2D eigenvalue weighted by Crippen LogP contribution is -2.54. The molecule has 7 atom stereocenters. The Morgan fingerprint density at radius 1 is 0.826 bits per heavy atom. The molecule has 0 aromatic rings. The Balaban J connectivity index is 1.41. The molecule has 5 aliphatic rings. The van der Waals surface area contributed by atoms with E-state index in [9.17, 15) is 0 Å². The van der Waals surface area contributed by atoms with Crippen LogP contribution in [0, 0.1) is 35.0 Å². The normalized spacial score (nSPS) is 54.5. The van der Waals surface area contributed by atoms with Crippen molar-refractivity contribution in [3.8, 4) is 0 Å². The van der Waals surface area contributed by atoms with Crippen LogP contribution < -0.4 is 5.73 Å². The monoisotopic (exact) mass is 319 g/mol. The third-order valence-corrected chi connectivity index (χ3v) is 8.79. The Hall–Kier alpha value is -0.120. The summed E-state index contributed by atoms with van der Waals surface area (Å²) in [5, 5.41) is 0. The van der Waals surface area contributed by atoms with Gasteiger partial charge < -0.3 is 15.2 Å². The maximum absolute atomic E-state index is 6.26. The van der Waals surface area contributed by atoms with E-state index in [2.05, 4.69) is 6.92 Å². The molecule has 0 bridgehead atoms. The predicted molar refractivity (Wildman–Crippen MR) is 89.7 cm³/mol. The summed E-state index contributed by atoms with van der Waals surface area (Å²) >= 11 is 0. The van der Waals surface area contributed by atoms with Gasteiger partial charge in [0, 0.05) is 17.9 Å². The predicted octanol–water partition coefficient (Wildman–Crippen LogP) is 3.71. The highest BCUT2D eigenvalue weighted by Gasteiger charge is 2.65. The molecule has 0 radical (unpaired) electrons. The van der Waals surface area contributed by atoms with Gasteiger partial charge in [-0.15, -0.1) is 0 Å². The van der Waals surface area contributed by atoms with Crippen LogP contribution in [0.2, 0.25) is 0 Å². The summed E-state index contributed by atoms with van der Waals surface area (Å²) < 4.78 is 12.5. The van der Waals surface area contributed by atoms with E-state index in [1.807, 2.05) is 0 Å². The molecule has 1 heterocycles. The number of rotatable bonds is 0. The molecule has 4 aliphatic carbocycles. The van der Waals surface area contributed by atoms with Crippen molar-refractivity contribution in [2.75, 3.05) is 13.2 Å². The summed E-state index contributed by atoms with van der Waals surface area (Å²) in [5.74, 6) is 4.40. The van der Waals surface area contributed by atoms with Gasteiger partial charge >= 0.3 is 0 Å². The van der Waals surface area contributed by atoms with Crippen molar-refractivity contribution < 1.29 is 9.47 Å². The Morgan fingerprint density at radius 3 is 2.43 bits per heavy atom. The van der Waals surface area contributed by atoms with Crippen LogP contribution in [0.1, 0.15) is 64.7 Å². The molecule has 5 fully saturated rings. The number of nitrogens with two attached hydrogens (primary N) is 1. The van der Waals surface area contributed by atoms with Gasteiger partial charge in [0.2, 0.25) is 0 Å². The lowest BCUT2D eigenvalue weighted by molar-refractivity contribution is -0.243. The van der Waals surface area contributed by atoms with E-state index in [0.29, 0.717) is 6.04 Å². The van der Waals surface area contributed by atoms with Crippen LogP contribution in [-0.2, 0) is 9.47 Å². The zero-order valence-corrected chi connectivity index (χ0v) is 14.6. The fourth-order valence-electron chi connectivity index (χ4n) is 7.78. The van der Waals surface area contributed by atoms with Crippen LogP contribution in [-0.4, -0.2) is 25.0 Å². The Kier molecular flexibility index (Phi) is 3.42. The first-order chi connectivity index (χ1) is 11.1. The summed E-state index contributed by atoms with van der Waals surface area (Å²) in [6, 6.07) is 0.483. The summed E-state index contributed by atoms with van der Waals surface area (Å²) in [6.07, 6.45) is 12.0. The van der Waals surface area contributed by atoms with Gasteiger partial charge in [-0.3, -0.25) is 0 Å². The van der Waals surface area contributed by atoms with Crippen LogP contribution in [0.4, 0.5) is 0 Å². The lowest BCUT2D eigenvalue weighted by atomic mass is 9.50. The average Bonchev–Trinajstić information content (AvgIpc) is 3.14. The summed E-state index contributed by atoms with van der Waals surface area (Å²) in [6.45, 7) is 4.10. The molecular formula is C20H33NO2. The zero-order chi connectivity index (χ0) is 15.7. The van der Waals surface area contributed by atoms with Crippen LogP contribution in [0.5, 0.6) is 0 Å². The second-order valence-electron chi connectivity index (χ2n) is 9.45. The van der Waals surface area contributed by atoms with Crippen molar-refractivity contribution in [1.82, 2.24) is 0 Å². The summed E-state index contributed by atoms with van der Waals surface area (Å²) in [7, 11) is 0. The number of hydrogen-bond donors (Lipinski definition) is 1. The minimum atomic E-state index is -0.228. The molecule has 7 unspecified atom stereocenters. The van der Waals surface area contributed by atoms with Crippen molar-refractivity contribution in [2.45, 2.75) is 76.5 Å². The van der Waals surface area contributed by atoms with E-state index in [1.54, 1.807) is 0 Å². The highest BCUT2D eigenvalue weighted by atomic mass is 16.7. The van der Waals surface area contributed by atoms with Crippen LogP contribution in [0.15, 0.2) is 0 Å². The topological polar surface area (TPSA) is 44.5 Å². The molecule has 0 amide bonds. The quantitative estimate of drug-likeness (QED) is 0.740. The highest BCUT2D eigenvalue weighted by Crippen LogP contribution is 2.66. The first-order valence-corrected chi connectivity index (χ1v) is 10.2. The highest BCUT2D eigenvalue weighted by molar-refractivity contribution is 5.10. The summed E-state index contributed by atoms with van der Waals surface area (Å²) in [5.41, 5.74) is 6.53. The SMILES string of the molecule is CC12CCC3C4CCC(N)CC4CCC3C1CCC21OCCO1. The fraction of sp³-hybridized carbons (Fsp3) is 1.00. The average molecular weight is 319 g/mol. The van der Waals surface area contributed by atoms with Crippen LogP contribution in [0.25, 0.3) is 0 Å². The van der Waals surface area contributed by atoms with Gasteiger partial charge in [-0.25, -0.2) is 0 Å². The Bertz CT molecular complexity index is 474. The smallest absolute Gasteiger partial charge is 0.174 e. The first-order valence-electron chi connectivity index (χ1n) is 10.2. The maximum atomic E-state index is 6.26.